The zero-order valence-corrected chi connectivity index (χ0v) is 36.3. The number of hydrogen-bond acceptors (Lipinski definition) is 2. The largest absolute Gasteiger partial charge is 0.202 e. The molecule has 0 radical (unpaired) electrons. The Kier molecular flexibility index (Phi) is 33.5. The maximum Gasteiger partial charge on any atom is 0.169 e. The molecule has 0 aliphatic heterocycles. The minimum Gasteiger partial charge on any atom is -0.202 e. The lowest BCUT2D eigenvalue weighted by atomic mass is 10.0. The summed E-state index contributed by atoms with van der Waals surface area (Å²) in [4.78, 5) is 0. The number of rotatable bonds is 39. The monoisotopic (exact) mass is 755 g/mol. The fraction of sp³-hybridized carbons (Fsp3) is 0.792. The van der Waals surface area contributed by atoms with E-state index in [0.717, 1.165) is 0 Å². The Morgan fingerprint density at radius 1 is 0.327 bits per heavy atom. The molecule has 0 saturated carbocycles. The second-order valence-corrected chi connectivity index (χ2v) is 18.2. The number of unbranched alkanes of at least 4 members (excludes halogenated alkanes) is 26. The van der Waals surface area contributed by atoms with E-state index in [4.69, 9.17) is 0 Å². The van der Waals surface area contributed by atoms with Crippen LogP contribution in [0.3, 0.4) is 0 Å². The van der Waals surface area contributed by atoms with Crippen molar-refractivity contribution in [3.05, 3.63) is 61.2 Å². The average molecular weight is 755 g/mol. The maximum absolute atomic E-state index is 2.49. The number of aromatic nitrogens is 2. The van der Waals surface area contributed by atoms with Crippen LogP contribution in [0.25, 0.3) is 0 Å². The van der Waals surface area contributed by atoms with Gasteiger partial charge >= 0.3 is 0 Å². The average Bonchev–Trinajstić information content (AvgIpc) is 3.18. The third-order valence-corrected chi connectivity index (χ3v) is 13.6. The van der Waals surface area contributed by atoms with E-state index in [9.17, 15) is 0 Å². The summed E-state index contributed by atoms with van der Waals surface area (Å²) in [7, 11) is 0. The van der Waals surface area contributed by atoms with Gasteiger partial charge in [-0.1, -0.05) is 193 Å². The van der Waals surface area contributed by atoms with Crippen LogP contribution in [0.4, 0.5) is 0 Å². The van der Waals surface area contributed by atoms with E-state index in [-0.39, 0.29) is 0 Å². The van der Waals surface area contributed by atoms with Crippen LogP contribution in [0.15, 0.2) is 61.2 Å². The molecule has 4 heteroatoms. The minimum absolute atomic E-state index is 0.626. The van der Waals surface area contributed by atoms with Crippen molar-refractivity contribution in [2.24, 2.45) is 0 Å². The minimum atomic E-state index is 0.626. The van der Waals surface area contributed by atoms with Gasteiger partial charge in [0.05, 0.1) is 11.5 Å². The zero-order valence-electron chi connectivity index (χ0n) is 34.7. The van der Waals surface area contributed by atoms with Gasteiger partial charge in [0.2, 0.25) is 0 Å². The Morgan fingerprint density at radius 3 is 0.846 bits per heavy atom. The first-order valence-electron chi connectivity index (χ1n) is 22.9. The summed E-state index contributed by atoms with van der Waals surface area (Å²) in [5.41, 5.74) is 0. The Labute approximate surface area is 333 Å². The molecule has 2 rings (SSSR count). The van der Waals surface area contributed by atoms with E-state index in [1.807, 2.05) is 0 Å². The zero-order chi connectivity index (χ0) is 36.8. The second kappa shape index (κ2) is 36.9. The molecule has 2 heterocycles. The highest BCUT2D eigenvalue weighted by Crippen LogP contribution is 2.22. The molecule has 0 saturated heterocycles. The van der Waals surface area contributed by atoms with Crippen LogP contribution >= 0.6 is 23.5 Å². The number of pyridine rings is 2. The lowest BCUT2D eigenvalue weighted by Crippen LogP contribution is -2.40. The smallest absolute Gasteiger partial charge is 0.169 e. The molecule has 0 fully saturated rings. The van der Waals surface area contributed by atoms with Crippen LogP contribution in [0.1, 0.15) is 219 Å². The SMILES string of the molecule is CCCCCCCCCCCCCCCCC(CSCCSCC(CCCCCCCCCCCCCCCC)[n+]1ccccc1)[n+]1ccccc1. The predicted octanol–water partition coefficient (Wildman–Crippen LogP) is 15.3. The molecule has 52 heavy (non-hydrogen) atoms. The van der Waals surface area contributed by atoms with Gasteiger partial charge in [-0.25, -0.2) is 9.13 Å². The van der Waals surface area contributed by atoms with Gasteiger partial charge in [-0.15, -0.1) is 0 Å². The Bertz CT molecular complexity index is 891. The predicted molar refractivity (Wildman–Crippen MR) is 236 cm³/mol. The van der Waals surface area contributed by atoms with Crippen molar-refractivity contribution in [2.75, 3.05) is 23.0 Å². The van der Waals surface area contributed by atoms with Gasteiger partial charge in [0.1, 0.15) is 0 Å². The van der Waals surface area contributed by atoms with E-state index in [2.05, 4.69) is 108 Å². The van der Waals surface area contributed by atoms with Gasteiger partial charge in [0.25, 0.3) is 0 Å². The summed E-state index contributed by atoms with van der Waals surface area (Å²) in [5.74, 6) is 5.00. The van der Waals surface area contributed by atoms with Gasteiger partial charge < -0.3 is 0 Å². The van der Waals surface area contributed by atoms with Crippen molar-refractivity contribution in [1.82, 2.24) is 0 Å². The van der Waals surface area contributed by atoms with Gasteiger partial charge in [0.15, 0.2) is 36.9 Å². The quantitative estimate of drug-likeness (QED) is 0.0496. The summed E-state index contributed by atoms with van der Waals surface area (Å²) in [5, 5.41) is 0. The number of thioether (sulfide) groups is 2. The van der Waals surface area contributed by atoms with Crippen LogP contribution in [0, 0.1) is 0 Å². The molecule has 2 unspecified atom stereocenters. The molecule has 0 N–H and O–H groups in total. The normalized spacial score (nSPS) is 12.7. The van der Waals surface area contributed by atoms with E-state index in [0.29, 0.717) is 12.1 Å². The molecule has 2 aromatic heterocycles. The third-order valence-electron chi connectivity index (χ3n) is 11.1. The number of hydrogen-bond donors (Lipinski definition) is 0. The van der Waals surface area contributed by atoms with Gasteiger partial charge in [0, 0.05) is 48.6 Å². The van der Waals surface area contributed by atoms with Gasteiger partial charge in [-0.05, 0) is 12.8 Å². The molecule has 0 bridgehead atoms. The van der Waals surface area contributed by atoms with Crippen molar-refractivity contribution < 1.29 is 9.13 Å². The highest BCUT2D eigenvalue weighted by molar-refractivity contribution is 8.02. The molecule has 0 amide bonds. The Balaban J connectivity index is 1.54. The molecule has 0 spiro atoms. The van der Waals surface area contributed by atoms with Gasteiger partial charge in [-0.2, -0.15) is 23.5 Å². The first-order chi connectivity index (χ1) is 25.8. The molecule has 2 aromatic rings. The van der Waals surface area contributed by atoms with Crippen LogP contribution in [-0.2, 0) is 0 Å². The summed E-state index contributed by atoms with van der Waals surface area (Å²) < 4.78 is 4.97. The second-order valence-electron chi connectivity index (χ2n) is 15.9. The Hall–Kier alpha value is -1.00. The summed E-state index contributed by atoms with van der Waals surface area (Å²) in [6.45, 7) is 4.62. The third kappa shape index (κ3) is 27.6. The molecular formula is C48H86N2S2+2. The maximum atomic E-state index is 2.49. The van der Waals surface area contributed by atoms with Crippen LogP contribution in [0.5, 0.6) is 0 Å². The van der Waals surface area contributed by atoms with E-state index in [1.54, 1.807) is 0 Å². The van der Waals surface area contributed by atoms with Crippen LogP contribution in [0.2, 0.25) is 0 Å². The fourth-order valence-electron chi connectivity index (χ4n) is 7.65. The van der Waals surface area contributed by atoms with E-state index >= 15 is 0 Å². The topological polar surface area (TPSA) is 7.76 Å². The lowest BCUT2D eigenvalue weighted by molar-refractivity contribution is -0.719. The van der Waals surface area contributed by atoms with Crippen molar-refractivity contribution in [1.29, 1.82) is 0 Å². The van der Waals surface area contributed by atoms with Gasteiger partial charge in [-0.3, -0.25) is 0 Å². The first-order valence-corrected chi connectivity index (χ1v) is 25.2. The number of nitrogens with zero attached hydrogens (tertiary/aromatic N) is 2. The summed E-state index contributed by atoms with van der Waals surface area (Å²) in [6, 6.07) is 14.4. The summed E-state index contributed by atoms with van der Waals surface area (Å²) >= 11 is 4.36. The highest BCUT2D eigenvalue weighted by atomic mass is 32.2. The molecule has 2 nitrogen and oxygen atoms in total. The highest BCUT2D eigenvalue weighted by Gasteiger charge is 2.19. The van der Waals surface area contributed by atoms with Crippen molar-refractivity contribution in [3.63, 3.8) is 0 Å². The van der Waals surface area contributed by atoms with Crippen molar-refractivity contribution >= 4 is 23.5 Å². The molecule has 0 aliphatic carbocycles. The fourth-order valence-corrected chi connectivity index (χ4v) is 10.2. The van der Waals surface area contributed by atoms with E-state index < -0.39 is 0 Å². The molecule has 0 aromatic carbocycles. The van der Waals surface area contributed by atoms with E-state index in [1.165, 1.54) is 216 Å². The van der Waals surface area contributed by atoms with Crippen LogP contribution < -0.4 is 9.13 Å². The molecule has 2 atom stereocenters. The summed E-state index contributed by atoms with van der Waals surface area (Å²) in [6.07, 6.45) is 52.0. The molecule has 298 valence electrons. The lowest BCUT2D eigenvalue weighted by Gasteiger charge is -2.14. The molecule has 0 aliphatic rings. The van der Waals surface area contributed by atoms with Crippen LogP contribution in [-0.4, -0.2) is 23.0 Å². The van der Waals surface area contributed by atoms with Crippen molar-refractivity contribution in [3.8, 4) is 0 Å². The Morgan fingerprint density at radius 2 is 0.577 bits per heavy atom. The first kappa shape index (κ1) is 47.2. The molecular weight excluding hydrogens is 669 g/mol. The standard InChI is InChI=1S/C48H86N2S2/c1-3-5-7-9-11-13-15-17-19-21-23-25-27-31-37-47(49-39-33-29-34-40-49)45-51-43-44-52-46-48(50-41-35-30-36-42-50)38-32-28-26-24-22-20-18-16-14-12-10-8-6-4-2/h29-30,33-36,39-42,47-48H,3-28,31-32,37-38,43-46H2,1-2H3/q+2. The van der Waals surface area contributed by atoms with Crippen molar-refractivity contribution in [2.45, 2.75) is 219 Å².